The largest absolute Gasteiger partial charge is 0.329 e. The first-order chi connectivity index (χ1) is 8.10. The average Bonchev–Trinajstić information content (AvgIpc) is 2.25. The lowest BCUT2D eigenvalue weighted by Gasteiger charge is -2.22. The van der Waals surface area contributed by atoms with Crippen molar-refractivity contribution in [2.75, 3.05) is 13.1 Å². The second-order valence-corrected chi connectivity index (χ2v) is 4.51. The summed E-state index contributed by atoms with van der Waals surface area (Å²) in [7, 11) is 0. The molecule has 92 valence electrons. The molecule has 0 aliphatic heterocycles. The fourth-order valence-corrected chi connectivity index (χ4v) is 2.36. The molecule has 2 heteroatoms. The molecule has 0 saturated heterocycles. The van der Waals surface area contributed by atoms with Gasteiger partial charge in [0.05, 0.1) is 0 Å². The van der Waals surface area contributed by atoms with Crippen LogP contribution in [0.5, 0.6) is 0 Å². The van der Waals surface area contributed by atoms with E-state index in [0.717, 1.165) is 13.0 Å². The molecule has 1 aromatic carbocycles. The lowest BCUT2D eigenvalue weighted by Crippen LogP contribution is -2.30. The van der Waals surface area contributed by atoms with Crippen LogP contribution in [0.4, 0.5) is 0 Å². The lowest BCUT2D eigenvalue weighted by atomic mass is 9.94. The molecule has 0 heterocycles. The van der Waals surface area contributed by atoms with Crippen LogP contribution in [0.1, 0.15) is 34.7 Å². The van der Waals surface area contributed by atoms with Gasteiger partial charge < -0.3 is 11.1 Å². The summed E-state index contributed by atoms with van der Waals surface area (Å²) in [4.78, 5) is 0. The van der Waals surface area contributed by atoms with Crippen LogP contribution in [0.3, 0.4) is 0 Å². The van der Waals surface area contributed by atoms with Crippen molar-refractivity contribution in [3.63, 3.8) is 0 Å². The van der Waals surface area contributed by atoms with E-state index in [0.29, 0.717) is 6.54 Å². The summed E-state index contributed by atoms with van der Waals surface area (Å²) in [6.45, 7) is 7.80. The molecule has 0 aromatic heterocycles. The zero-order valence-electron chi connectivity index (χ0n) is 11.0. The molecule has 17 heavy (non-hydrogen) atoms. The second kappa shape index (κ2) is 6.44. The number of hydrogen-bond donors (Lipinski definition) is 2. The lowest BCUT2D eigenvalue weighted by molar-refractivity contribution is 0.546. The Labute approximate surface area is 105 Å². The highest BCUT2D eigenvalue weighted by molar-refractivity contribution is 5.39. The third-order valence-electron chi connectivity index (χ3n) is 2.98. The Bertz CT molecular complexity index is 392. The Morgan fingerprint density at radius 2 is 1.88 bits per heavy atom. The van der Waals surface area contributed by atoms with Crippen LogP contribution in [-0.4, -0.2) is 13.1 Å². The van der Waals surface area contributed by atoms with Crippen molar-refractivity contribution in [2.45, 2.75) is 33.2 Å². The van der Waals surface area contributed by atoms with Gasteiger partial charge in [-0.3, -0.25) is 0 Å². The number of hydrogen-bond acceptors (Lipinski definition) is 2. The molecular weight excluding hydrogens is 208 g/mol. The number of aryl methyl sites for hydroxylation is 3. The van der Waals surface area contributed by atoms with Gasteiger partial charge in [-0.2, -0.15) is 0 Å². The van der Waals surface area contributed by atoms with Gasteiger partial charge in [0.1, 0.15) is 0 Å². The normalized spacial score (nSPS) is 12.2. The molecule has 1 aromatic rings. The minimum atomic E-state index is 0.198. The van der Waals surface area contributed by atoms with E-state index < -0.39 is 0 Å². The Morgan fingerprint density at radius 3 is 2.35 bits per heavy atom. The van der Waals surface area contributed by atoms with Crippen molar-refractivity contribution in [1.29, 1.82) is 0 Å². The first kappa shape index (κ1) is 13.8. The van der Waals surface area contributed by atoms with Crippen molar-refractivity contribution in [2.24, 2.45) is 5.73 Å². The first-order valence-electron chi connectivity index (χ1n) is 6.04. The molecule has 0 spiro atoms. The summed E-state index contributed by atoms with van der Waals surface area (Å²) in [5.74, 6) is 2.63. The summed E-state index contributed by atoms with van der Waals surface area (Å²) < 4.78 is 0. The van der Waals surface area contributed by atoms with Gasteiger partial charge in [-0.05, 0) is 37.5 Å². The maximum absolute atomic E-state index is 5.85. The van der Waals surface area contributed by atoms with Crippen LogP contribution in [0.2, 0.25) is 0 Å². The summed E-state index contributed by atoms with van der Waals surface area (Å²) in [5.41, 5.74) is 11.1. The van der Waals surface area contributed by atoms with Crippen LogP contribution < -0.4 is 11.1 Å². The molecule has 0 amide bonds. The van der Waals surface area contributed by atoms with E-state index in [4.69, 9.17) is 12.2 Å². The number of nitrogens with two attached hydrogens (primary N) is 1. The summed E-state index contributed by atoms with van der Waals surface area (Å²) in [5, 5.41) is 3.42. The summed E-state index contributed by atoms with van der Waals surface area (Å²) >= 11 is 0. The molecule has 1 atom stereocenters. The smallest absolute Gasteiger partial charge is 0.0450 e. The fourth-order valence-electron chi connectivity index (χ4n) is 2.36. The van der Waals surface area contributed by atoms with Gasteiger partial charge in [0.2, 0.25) is 0 Å². The summed E-state index contributed by atoms with van der Waals surface area (Å²) in [6.07, 6.45) is 5.99. The number of nitrogens with one attached hydrogen (secondary N) is 1. The molecule has 0 radical (unpaired) electrons. The molecule has 0 aliphatic rings. The van der Waals surface area contributed by atoms with Crippen molar-refractivity contribution >= 4 is 0 Å². The predicted molar refractivity (Wildman–Crippen MR) is 73.9 cm³/mol. The Kier molecular flexibility index (Phi) is 5.21. The Balaban J connectivity index is 2.92. The third-order valence-corrected chi connectivity index (χ3v) is 2.98. The fraction of sp³-hybridized carbons (Fsp3) is 0.467. The highest BCUT2D eigenvalue weighted by Crippen LogP contribution is 2.22. The van der Waals surface area contributed by atoms with Gasteiger partial charge in [0, 0.05) is 25.6 Å². The van der Waals surface area contributed by atoms with Crippen molar-refractivity contribution in [1.82, 2.24) is 5.32 Å². The van der Waals surface area contributed by atoms with Crippen LogP contribution in [0.25, 0.3) is 0 Å². The van der Waals surface area contributed by atoms with E-state index in [1.165, 1.54) is 22.3 Å². The van der Waals surface area contributed by atoms with Crippen LogP contribution in [0, 0.1) is 33.1 Å². The quantitative estimate of drug-likeness (QED) is 0.601. The van der Waals surface area contributed by atoms with Gasteiger partial charge in [-0.25, -0.2) is 0 Å². The van der Waals surface area contributed by atoms with E-state index in [1.54, 1.807) is 0 Å². The monoisotopic (exact) mass is 230 g/mol. The molecule has 2 nitrogen and oxygen atoms in total. The highest BCUT2D eigenvalue weighted by Gasteiger charge is 2.14. The first-order valence-corrected chi connectivity index (χ1v) is 6.04. The Morgan fingerprint density at radius 1 is 1.29 bits per heavy atom. The third kappa shape index (κ3) is 3.59. The van der Waals surface area contributed by atoms with Gasteiger partial charge in [0.25, 0.3) is 0 Å². The maximum atomic E-state index is 5.85. The second-order valence-electron chi connectivity index (χ2n) is 4.51. The van der Waals surface area contributed by atoms with E-state index in [-0.39, 0.29) is 6.04 Å². The minimum absolute atomic E-state index is 0.198. The van der Waals surface area contributed by atoms with Crippen LogP contribution in [-0.2, 0) is 0 Å². The maximum Gasteiger partial charge on any atom is 0.0450 e. The number of terminal acetylenes is 1. The number of rotatable bonds is 5. The van der Waals surface area contributed by atoms with Crippen molar-refractivity contribution < 1.29 is 0 Å². The summed E-state index contributed by atoms with van der Waals surface area (Å²) in [6, 6.07) is 4.60. The molecule has 0 aliphatic carbocycles. The van der Waals surface area contributed by atoms with E-state index in [2.05, 4.69) is 44.1 Å². The average molecular weight is 230 g/mol. The molecule has 0 saturated carbocycles. The van der Waals surface area contributed by atoms with Crippen LogP contribution in [0.15, 0.2) is 12.1 Å². The topological polar surface area (TPSA) is 38.0 Å². The van der Waals surface area contributed by atoms with Crippen molar-refractivity contribution in [3.05, 3.63) is 34.4 Å². The van der Waals surface area contributed by atoms with Crippen LogP contribution >= 0.6 is 0 Å². The molecule has 1 unspecified atom stereocenters. The van der Waals surface area contributed by atoms with E-state index in [1.807, 2.05) is 0 Å². The SMILES string of the molecule is C#CCCNC(CN)c1c(C)cc(C)cc1C. The molecule has 0 bridgehead atoms. The van der Waals surface area contributed by atoms with E-state index in [9.17, 15) is 0 Å². The zero-order chi connectivity index (χ0) is 12.8. The van der Waals surface area contributed by atoms with Gasteiger partial charge in [-0.15, -0.1) is 12.3 Å². The van der Waals surface area contributed by atoms with Crippen molar-refractivity contribution in [3.8, 4) is 12.3 Å². The van der Waals surface area contributed by atoms with Gasteiger partial charge in [-0.1, -0.05) is 17.7 Å². The van der Waals surface area contributed by atoms with E-state index >= 15 is 0 Å². The molecule has 1 rings (SSSR count). The zero-order valence-corrected chi connectivity index (χ0v) is 11.0. The molecule has 0 fully saturated rings. The number of benzene rings is 1. The predicted octanol–water partition coefficient (Wildman–Crippen LogP) is 2.22. The molecular formula is C15H22N2. The minimum Gasteiger partial charge on any atom is -0.329 e. The molecule has 3 N–H and O–H groups in total. The van der Waals surface area contributed by atoms with Gasteiger partial charge >= 0.3 is 0 Å². The standard InChI is InChI=1S/C15H22N2/c1-5-6-7-17-14(10-16)15-12(3)8-11(2)9-13(15)4/h1,8-9,14,17H,6-7,10,16H2,2-4H3. The highest BCUT2D eigenvalue weighted by atomic mass is 14.9. The van der Waals surface area contributed by atoms with Gasteiger partial charge in [0.15, 0.2) is 0 Å². The Hall–Kier alpha value is -1.30.